The molecule has 0 aliphatic carbocycles. The molecule has 1 aliphatic rings. The number of aromatic nitrogens is 1. The highest BCUT2D eigenvalue weighted by Crippen LogP contribution is 2.14. The third kappa shape index (κ3) is 3.84. The molecule has 1 aliphatic heterocycles. The summed E-state index contributed by atoms with van der Waals surface area (Å²) in [6.07, 6.45) is 4.25. The standard InChI is InChI=1S/C15H25N3O2/c1-17(12-13-5-7-16-8-6-13)15(19)14-4-3-9-18(14)10-11-20-2/h3-4,9,13,16H,5-8,10-12H2,1-2H3. The number of nitrogens with one attached hydrogen (secondary N) is 1. The second-order valence-corrected chi connectivity index (χ2v) is 5.46. The van der Waals surface area contributed by atoms with E-state index in [-0.39, 0.29) is 5.91 Å². The maximum atomic E-state index is 12.5. The van der Waals surface area contributed by atoms with Crippen LogP contribution in [0.25, 0.3) is 0 Å². The number of amides is 1. The molecule has 1 saturated heterocycles. The van der Waals surface area contributed by atoms with E-state index < -0.39 is 0 Å². The van der Waals surface area contributed by atoms with E-state index in [2.05, 4.69) is 5.32 Å². The Balaban J connectivity index is 1.93. The van der Waals surface area contributed by atoms with Gasteiger partial charge in [0.2, 0.25) is 0 Å². The van der Waals surface area contributed by atoms with Crippen LogP contribution in [-0.2, 0) is 11.3 Å². The molecule has 0 bridgehead atoms. The van der Waals surface area contributed by atoms with E-state index in [1.807, 2.05) is 34.8 Å². The molecule has 2 rings (SSSR count). The highest BCUT2D eigenvalue weighted by atomic mass is 16.5. The molecule has 0 spiro atoms. The van der Waals surface area contributed by atoms with Gasteiger partial charge >= 0.3 is 0 Å². The highest BCUT2D eigenvalue weighted by Gasteiger charge is 2.20. The third-order valence-corrected chi connectivity index (χ3v) is 3.92. The van der Waals surface area contributed by atoms with Gasteiger partial charge in [0.05, 0.1) is 6.61 Å². The number of rotatable bonds is 6. The van der Waals surface area contributed by atoms with Crippen molar-refractivity contribution in [3.63, 3.8) is 0 Å². The Morgan fingerprint density at radius 2 is 2.25 bits per heavy atom. The van der Waals surface area contributed by atoms with E-state index in [0.29, 0.717) is 19.1 Å². The molecular weight excluding hydrogens is 254 g/mol. The average Bonchev–Trinajstić information content (AvgIpc) is 2.93. The Bertz CT molecular complexity index is 425. The monoisotopic (exact) mass is 279 g/mol. The van der Waals surface area contributed by atoms with E-state index in [9.17, 15) is 4.79 Å². The summed E-state index contributed by atoms with van der Waals surface area (Å²) in [7, 11) is 3.58. The highest BCUT2D eigenvalue weighted by molar-refractivity contribution is 5.92. The molecule has 5 heteroatoms. The van der Waals surface area contributed by atoms with E-state index in [0.717, 1.165) is 38.2 Å². The van der Waals surface area contributed by atoms with Crippen LogP contribution in [0.1, 0.15) is 23.3 Å². The fraction of sp³-hybridized carbons (Fsp3) is 0.667. The lowest BCUT2D eigenvalue weighted by Crippen LogP contribution is -2.37. The average molecular weight is 279 g/mol. The van der Waals surface area contributed by atoms with Crippen molar-refractivity contribution in [3.05, 3.63) is 24.0 Å². The maximum Gasteiger partial charge on any atom is 0.270 e. The van der Waals surface area contributed by atoms with Crippen LogP contribution in [0.3, 0.4) is 0 Å². The van der Waals surface area contributed by atoms with Crippen molar-refractivity contribution in [1.82, 2.24) is 14.8 Å². The number of ether oxygens (including phenoxy) is 1. The molecule has 0 aromatic carbocycles. The summed E-state index contributed by atoms with van der Waals surface area (Å²) < 4.78 is 7.04. The molecule has 1 aromatic heterocycles. The smallest absolute Gasteiger partial charge is 0.270 e. The summed E-state index contributed by atoms with van der Waals surface area (Å²) in [5, 5.41) is 3.36. The number of piperidine rings is 1. The number of hydrogen-bond donors (Lipinski definition) is 1. The molecule has 1 amide bonds. The molecule has 0 unspecified atom stereocenters. The van der Waals surface area contributed by atoms with Gasteiger partial charge in [0.1, 0.15) is 5.69 Å². The van der Waals surface area contributed by atoms with Gasteiger partial charge in [-0.1, -0.05) is 0 Å². The zero-order valence-corrected chi connectivity index (χ0v) is 12.5. The number of carbonyl (C=O) groups excluding carboxylic acids is 1. The number of nitrogens with zero attached hydrogens (tertiary/aromatic N) is 2. The normalized spacial score (nSPS) is 16.3. The summed E-state index contributed by atoms with van der Waals surface area (Å²) in [6.45, 7) is 4.31. The lowest BCUT2D eigenvalue weighted by atomic mass is 9.97. The Labute approximate surface area is 120 Å². The van der Waals surface area contributed by atoms with Crippen molar-refractivity contribution in [1.29, 1.82) is 0 Å². The van der Waals surface area contributed by atoms with Crippen molar-refractivity contribution in [2.45, 2.75) is 19.4 Å². The zero-order chi connectivity index (χ0) is 14.4. The molecule has 5 nitrogen and oxygen atoms in total. The van der Waals surface area contributed by atoms with Gasteiger partial charge < -0.3 is 19.5 Å². The van der Waals surface area contributed by atoms with Crippen LogP contribution >= 0.6 is 0 Å². The minimum Gasteiger partial charge on any atom is -0.383 e. The summed E-state index contributed by atoms with van der Waals surface area (Å²) in [4.78, 5) is 14.4. The van der Waals surface area contributed by atoms with Crippen LogP contribution in [0.5, 0.6) is 0 Å². The summed E-state index contributed by atoms with van der Waals surface area (Å²) in [5.74, 6) is 0.720. The first-order valence-corrected chi connectivity index (χ1v) is 7.32. The fourth-order valence-corrected chi connectivity index (χ4v) is 2.72. The minimum absolute atomic E-state index is 0.102. The van der Waals surface area contributed by atoms with Gasteiger partial charge in [-0.05, 0) is 44.0 Å². The van der Waals surface area contributed by atoms with Crippen molar-refractivity contribution in [2.75, 3.05) is 40.4 Å². The van der Waals surface area contributed by atoms with Crippen LogP contribution in [0.2, 0.25) is 0 Å². The number of methoxy groups -OCH3 is 1. The van der Waals surface area contributed by atoms with E-state index in [1.54, 1.807) is 7.11 Å². The predicted octanol–water partition coefficient (Wildman–Crippen LogP) is 1.21. The first-order valence-electron chi connectivity index (χ1n) is 7.32. The molecule has 1 aromatic rings. The largest absolute Gasteiger partial charge is 0.383 e. The number of carbonyl (C=O) groups is 1. The summed E-state index contributed by atoms with van der Waals surface area (Å²) in [5.41, 5.74) is 0.749. The SMILES string of the molecule is COCCn1cccc1C(=O)N(C)CC1CCNCC1. The predicted molar refractivity (Wildman–Crippen MR) is 78.9 cm³/mol. The molecule has 112 valence electrons. The molecule has 0 radical (unpaired) electrons. The van der Waals surface area contributed by atoms with Crippen molar-refractivity contribution >= 4 is 5.91 Å². The molecule has 20 heavy (non-hydrogen) atoms. The fourth-order valence-electron chi connectivity index (χ4n) is 2.72. The van der Waals surface area contributed by atoms with Gasteiger partial charge in [0.25, 0.3) is 5.91 Å². The topological polar surface area (TPSA) is 46.5 Å². The van der Waals surface area contributed by atoms with Gasteiger partial charge in [-0.3, -0.25) is 4.79 Å². The second-order valence-electron chi connectivity index (χ2n) is 5.46. The van der Waals surface area contributed by atoms with Crippen molar-refractivity contribution in [3.8, 4) is 0 Å². The summed E-state index contributed by atoms with van der Waals surface area (Å²) >= 11 is 0. The molecular formula is C15H25N3O2. The first-order chi connectivity index (χ1) is 9.72. The van der Waals surface area contributed by atoms with E-state index >= 15 is 0 Å². The maximum absolute atomic E-state index is 12.5. The van der Waals surface area contributed by atoms with Crippen LogP contribution in [-0.4, -0.2) is 55.8 Å². The van der Waals surface area contributed by atoms with Gasteiger partial charge in [-0.25, -0.2) is 0 Å². The summed E-state index contributed by atoms with van der Waals surface area (Å²) in [6, 6.07) is 3.80. The Hall–Kier alpha value is -1.33. The van der Waals surface area contributed by atoms with E-state index in [1.165, 1.54) is 0 Å². The molecule has 1 fully saturated rings. The molecule has 0 atom stereocenters. The van der Waals surface area contributed by atoms with Gasteiger partial charge in [-0.2, -0.15) is 0 Å². The van der Waals surface area contributed by atoms with Crippen LogP contribution in [0.15, 0.2) is 18.3 Å². The molecule has 2 heterocycles. The van der Waals surface area contributed by atoms with Gasteiger partial charge in [-0.15, -0.1) is 0 Å². The van der Waals surface area contributed by atoms with Gasteiger partial charge in [0, 0.05) is 33.4 Å². The Morgan fingerprint density at radius 1 is 1.50 bits per heavy atom. The second kappa shape index (κ2) is 7.45. The van der Waals surface area contributed by atoms with Crippen molar-refractivity contribution < 1.29 is 9.53 Å². The first kappa shape index (κ1) is 15.1. The quantitative estimate of drug-likeness (QED) is 0.851. The molecule has 1 N–H and O–H groups in total. The lowest BCUT2D eigenvalue weighted by Gasteiger charge is -2.27. The third-order valence-electron chi connectivity index (χ3n) is 3.92. The Kier molecular flexibility index (Phi) is 5.61. The van der Waals surface area contributed by atoms with E-state index in [4.69, 9.17) is 4.74 Å². The van der Waals surface area contributed by atoms with Crippen molar-refractivity contribution in [2.24, 2.45) is 5.92 Å². The van der Waals surface area contributed by atoms with Crippen LogP contribution in [0, 0.1) is 5.92 Å². The number of hydrogen-bond acceptors (Lipinski definition) is 3. The Morgan fingerprint density at radius 3 is 2.95 bits per heavy atom. The van der Waals surface area contributed by atoms with Gasteiger partial charge in [0.15, 0.2) is 0 Å². The zero-order valence-electron chi connectivity index (χ0n) is 12.5. The van der Waals surface area contributed by atoms with Crippen LogP contribution in [0.4, 0.5) is 0 Å². The van der Waals surface area contributed by atoms with Crippen LogP contribution < -0.4 is 5.32 Å². The minimum atomic E-state index is 0.102. The lowest BCUT2D eigenvalue weighted by molar-refractivity contribution is 0.0749. The molecule has 0 saturated carbocycles.